The molecule has 236 valence electrons. The first-order chi connectivity index (χ1) is 20.6. The molecule has 0 aliphatic carbocycles. The van der Waals surface area contributed by atoms with Crippen molar-refractivity contribution in [3.8, 4) is 16.9 Å². The van der Waals surface area contributed by atoms with Crippen LogP contribution in [0, 0.1) is 0 Å². The number of amides is 2. The molecule has 4 rings (SSSR count). The highest BCUT2D eigenvalue weighted by Gasteiger charge is 2.32. The predicted molar refractivity (Wildman–Crippen MR) is 164 cm³/mol. The first kappa shape index (κ1) is 33.0. The van der Waals surface area contributed by atoms with Crippen LogP contribution >= 0.6 is 0 Å². The number of nitrogens with one attached hydrogen (secondary N) is 2. The van der Waals surface area contributed by atoms with E-state index >= 15 is 0 Å². The summed E-state index contributed by atoms with van der Waals surface area (Å²) in [6, 6.07) is 17.2. The van der Waals surface area contributed by atoms with Crippen LogP contribution in [-0.4, -0.2) is 69.8 Å². The summed E-state index contributed by atoms with van der Waals surface area (Å²) in [5.74, 6) is -0.855. The maximum absolute atomic E-state index is 13.1. The molecule has 1 heterocycles. The number of halogens is 3. The van der Waals surface area contributed by atoms with Crippen LogP contribution in [0.4, 0.5) is 29.3 Å². The second-order valence-electron chi connectivity index (χ2n) is 11.2. The topological polar surface area (TPSA) is 100 Å². The van der Waals surface area contributed by atoms with E-state index in [0.717, 1.165) is 44.4 Å². The third-order valence-corrected chi connectivity index (χ3v) is 7.71. The van der Waals surface area contributed by atoms with E-state index in [4.69, 9.17) is 4.74 Å². The van der Waals surface area contributed by atoms with Gasteiger partial charge < -0.3 is 14.8 Å². The van der Waals surface area contributed by atoms with E-state index < -0.39 is 34.8 Å². The summed E-state index contributed by atoms with van der Waals surface area (Å²) < 4.78 is 62.4. The van der Waals surface area contributed by atoms with E-state index in [9.17, 15) is 27.0 Å². The summed E-state index contributed by atoms with van der Waals surface area (Å²) >= 11 is 0. The van der Waals surface area contributed by atoms with E-state index in [1.807, 2.05) is 28.6 Å². The quantitative estimate of drug-likeness (QED) is 0.304. The third-order valence-electron chi connectivity index (χ3n) is 6.62. The number of carbonyl (C=O) groups is 2. The Kier molecular flexibility index (Phi) is 10.3. The van der Waals surface area contributed by atoms with Gasteiger partial charge in [-0.25, -0.2) is 13.3 Å². The van der Waals surface area contributed by atoms with Gasteiger partial charge in [0.25, 0.3) is 5.91 Å². The van der Waals surface area contributed by atoms with Gasteiger partial charge in [-0.3, -0.25) is 15.0 Å². The summed E-state index contributed by atoms with van der Waals surface area (Å²) in [6.45, 7) is 8.96. The molecule has 13 heteroatoms. The van der Waals surface area contributed by atoms with Gasteiger partial charge in [-0.15, -0.1) is 13.2 Å². The van der Waals surface area contributed by atoms with Gasteiger partial charge in [0.2, 0.25) is 0 Å². The molecule has 0 spiro atoms. The van der Waals surface area contributed by atoms with Crippen LogP contribution < -0.4 is 15.4 Å². The molecule has 9 nitrogen and oxygen atoms in total. The Hall–Kier alpha value is -3.94. The minimum Gasteiger partial charge on any atom is -0.444 e. The van der Waals surface area contributed by atoms with Crippen molar-refractivity contribution >= 4 is 34.4 Å². The Balaban J connectivity index is 1.42. The first-order valence-electron chi connectivity index (χ1n) is 13.9. The lowest BCUT2D eigenvalue weighted by Gasteiger charge is -2.33. The third kappa shape index (κ3) is 9.79. The molecule has 0 radical (unpaired) electrons. The normalized spacial score (nSPS) is 15.3. The monoisotopic (exact) mass is 632 g/mol. The maximum atomic E-state index is 13.1. The molecular formula is C31H35F3N4O5S. The van der Waals surface area contributed by atoms with Crippen molar-refractivity contribution in [2.24, 2.45) is 0 Å². The molecule has 3 aromatic rings. The molecule has 2 N–H and O–H groups in total. The number of nitrogens with zero attached hydrogens (tertiary/aromatic N) is 2. The fourth-order valence-corrected chi connectivity index (χ4v) is 5.25. The molecule has 1 fully saturated rings. The summed E-state index contributed by atoms with van der Waals surface area (Å²) in [5.41, 5.74) is 1.81. The zero-order chi connectivity index (χ0) is 32.1. The molecule has 1 unspecified atom stereocenters. The van der Waals surface area contributed by atoms with Crippen LogP contribution in [0.5, 0.6) is 5.75 Å². The molecule has 0 saturated carbocycles. The molecule has 0 aromatic heterocycles. The van der Waals surface area contributed by atoms with E-state index in [1.165, 1.54) is 36.4 Å². The number of carbonyl (C=O) groups excluding carboxylic acids is 2. The average Bonchev–Trinajstić information content (AvgIpc) is 2.93. The maximum Gasteiger partial charge on any atom is 0.573 e. The number of hydrogen-bond donors (Lipinski definition) is 2. The average molecular weight is 633 g/mol. The number of hydrogen-bond acceptors (Lipinski definition) is 6. The molecule has 0 bridgehead atoms. The molecule has 44 heavy (non-hydrogen) atoms. The lowest BCUT2D eigenvalue weighted by Crippen LogP contribution is -2.46. The van der Waals surface area contributed by atoms with Crippen molar-refractivity contribution in [1.82, 2.24) is 9.21 Å². The zero-order valence-corrected chi connectivity index (χ0v) is 25.7. The molecule has 3 aromatic carbocycles. The standard InChI is InChI=1S/C31H35F3N4O5S/c1-30(2,3)43-29(40)36-25-13-14-27(42-31(32,33)34)26(19-25)22-7-9-23(10-8-22)28(39)35-24-11-5-21(6-12-24)20-37-15-17-38(18-16-37)44(4)41/h5-14,19H,15-18,20H2,1-4H3,(H,35,39)(H,36,40). The second-order valence-corrected chi connectivity index (χ2v) is 12.6. The van der Waals surface area contributed by atoms with Crippen molar-refractivity contribution in [3.63, 3.8) is 0 Å². The van der Waals surface area contributed by atoms with Crippen LogP contribution in [0.1, 0.15) is 36.7 Å². The number of ether oxygens (including phenoxy) is 2. The largest absolute Gasteiger partial charge is 0.573 e. The highest BCUT2D eigenvalue weighted by molar-refractivity contribution is 7.81. The SMILES string of the molecule is CS(=O)N1CCN(Cc2ccc(NC(=O)c3ccc(-c4cc(NC(=O)OC(C)(C)C)ccc4OC(F)(F)F)cc3)cc2)CC1. The summed E-state index contributed by atoms with van der Waals surface area (Å²) in [7, 11) is -0.959. The van der Waals surface area contributed by atoms with Crippen molar-refractivity contribution < 1.29 is 36.4 Å². The van der Waals surface area contributed by atoms with E-state index in [1.54, 1.807) is 27.0 Å². The van der Waals surface area contributed by atoms with Crippen LogP contribution in [0.3, 0.4) is 0 Å². The van der Waals surface area contributed by atoms with Gasteiger partial charge in [-0.05, 0) is 74.4 Å². The van der Waals surface area contributed by atoms with Crippen molar-refractivity contribution in [3.05, 3.63) is 77.9 Å². The molecular weight excluding hydrogens is 597 g/mol. The second kappa shape index (κ2) is 13.8. The molecule has 1 saturated heterocycles. The summed E-state index contributed by atoms with van der Waals surface area (Å²) in [4.78, 5) is 27.4. The lowest BCUT2D eigenvalue weighted by molar-refractivity contribution is -0.274. The Labute approximate surface area is 256 Å². The number of alkyl halides is 3. The van der Waals surface area contributed by atoms with Crippen molar-refractivity contribution in [1.29, 1.82) is 0 Å². The number of benzene rings is 3. The molecule has 1 atom stereocenters. The van der Waals surface area contributed by atoms with Gasteiger partial charge in [0, 0.05) is 61.5 Å². The van der Waals surface area contributed by atoms with Crippen LogP contribution in [0.15, 0.2) is 66.7 Å². The number of piperazine rings is 1. The Morgan fingerprint density at radius 2 is 1.48 bits per heavy atom. The number of anilines is 2. The smallest absolute Gasteiger partial charge is 0.444 e. The summed E-state index contributed by atoms with van der Waals surface area (Å²) in [6.07, 6.45) is -4.01. The van der Waals surface area contributed by atoms with Gasteiger partial charge in [0.15, 0.2) is 0 Å². The van der Waals surface area contributed by atoms with Crippen molar-refractivity contribution in [2.45, 2.75) is 39.3 Å². The zero-order valence-electron chi connectivity index (χ0n) is 24.9. The fraction of sp³-hybridized carbons (Fsp3) is 0.355. The summed E-state index contributed by atoms with van der Waals surface area (Å²) in [5, 5.41) is 5.34. The van der Waals surface area contributed by atoms with Gasteiger partial charge in [0.1, 0.15) is 11.4 Å². The predicted octanol–water partition coefficient (Wildman–Crippen LogP) is 6.26. The van der Waals surface area contributed by atoms with Crippen molar-refractivity contribution in [2.75, 3.05) is 43.1 Å². The molecule has 1 aliphatic heterocycles. The van der Waals surface area contributed by atoms with Crippen LogP contribution in [-0.2, 0) is 22.3 Å². The molecule has 2 amide bonds. The van der Waals surface area contributed by atoms with Gasteiger partial charge in [0.05, 0.1) is 11.0 Å². The Morgan fingerprint density at radius 3 is 2.05 bits per heavy atom. The van der Waals surface area contributed by atoms with Gasteiger partial charge in [-0.1, -0.05) is 24.3 Å². The highest BCUT2D eigenvalue weighted by atomic mass is 32.2. The Morgan fingerprint density at radius 1 is 0.864 bits per heavy atom. The van der Waals surface area contributed by atoms with E-state index in [0.29, 0.717) is 16.8 Å². The first-order valence-corrected chi connectivity index (χ1v) is 15.4. The Bertz CT molecular complexity index is 1480. The van der Waals surface area contributed by atoms with E-state index in [-0.39, 0.29) is 17.2 Å². The van der Waals surface area contributed by atoms with Gasteiger partial charge in [-0.2, -0.15) is 0 Å². The minimum absolute atomic E-state index is 0.0581. The lowest BCUT2D eigenvalue weighted by atomic mass is 10.0. The minimum atomic E-state index is -4.93. The van der Waals surface area contributed by atoms with Crippen LogP contribution in [0.25, 0.3) is 11.1 Å². The van der Waals surface area contributed by atoms with Crippen LogP contribution in [0.2, 0.25) is 0 Å². The highest BCUT2D eigenvalue weighted by Crippen LogP contribution is 2.36. The molecule has 1 aliphatic rings. The fourth-order valence-electron chi connectivity index (χ4n) is 4.57. The van der Waals surface area contributed by atoms with E-state index in [2.05, 4.69) is 20.3 Å². The van der Waals surface area contributed by atoms with Gasteiger partial charge >= 0.3 is 12.5 Å². The number of rotatable bonds is 8.